The molecule has 2 amide bonds. The second-order valence-electron chi connectivity index (χ2n) is 6.69. The molecule has 1 aliphatic carbocycles. The molecule has 1 N–H and O–H groups in total. The minimum absolute atomic E-state index is 0.0141. The van der Waals surface area contributed by atoms with Crippen LogP contribution in [0.15, 0.2) is 24.3 Å². The minimum atomic E-state index is -0.0141. The number of urea groups is 1. The topological polar surface area (TPSA) is 35.6 Å². The summed E-state index contributed by atoms with van der Waals surface area (Å²) in [6.45, 7) is 2.48. The van der Waals surface area contributed by atoms with E-state index in [9.17, 15) is 4.79 Å². The van der Waals surface area contributed by atoms with Gasteiger partial charge in [-0.2, -0.15) is 0 Å². The summed E-state index contributed by atoms with van der Waals surface area (Å²) in [5, 5.41) is 3.67. The Bertz CT molecular complexity index is 484. The Hall–Kier alpha value is -1.26. The molecular formula is C18H28ClN3O. The second kappa shape index (κ2) is 9.14. The largest absolute Gasteiger partial charge is 0.323 e. The third-order valence-corrected chi connectivity index (χ3v) is 4.66. The molecule has 23 heavy (non-hydrogen) atoms. The molecule has 0 aromatic heterocycles. The van der Waals surface area contributed by atoms with E-state index in [1.54, 1.807) is 12.1 Å². The number of benzene rings is 1. The van der Waals surface area contributed by atoms with Crippen LogP contribution in [0, 0.1) is 5.92 Å². The molecule has 128 valence electrons. The Morgan fingerprint density at radius 3 is 2.39 bits per heavy atom. The van der Waals surface area contributed by atoms with Crippen LogP contribution < -0.4 is 5.32 Å². The molecule has 0 unspecified atom stereocenters. The summed E-state index contributed by atoms with van der Waals surface area (Å²) in [5.41, 5.74) is 0.790. The molecule has 0 bridgehead atoms. The van der Waals surface area contributed by atoms with Crippen molar-refractivity contribution in [1.29, 1.82) is 0 Å². The van der Waals surface area contributed by atoms with Crippen molar-refractivity contribution in [2.75, 3.05) is 39.0 Å². The third kappa shape index (κ3) is 6.40. The molecule has 0 spiro atoms. The number of hydrogen-bond donors (Lipinski definition) is 1. The van der Waals surface area contributed by atoms with Gasteiger partial charge in [0.1, 0.15) is 0 Å². The quantitative estimate of drug-likeness (QED) is 0.839. The van der Waals surface area contributed by atoms with Gasteiger partial charge in [-0.25, -0.2) is 4.79 Å². The van der Waals surface area contributed by atoms with Crippen LogP contribution in [-0.4, -0.2) is 49.6 Å². The Labute approximate surface area is 144 Å². The molecule has 1 aromatic carbocycles. The van der Waals surface area contributed by atoms with Gasteiger partial charge in [-0.3, -0.25) is 0 Å². The van der Waals surface area contributed by atoms with E-state index in [2.05, 4.69) is 10.2 Å². The molecule has 1 fully saturated rings. The first-order chi connectivity index (χ1) is 11.0. The molecular weight excluding hydrogens is 310 g/mol. The summed E-state index contributed by atoms with van der Waals surface area (Å²) in [5.74, 6) is 0.641. The number of carbonyl (C=O) groups excluding carboxylic acids is 1. The van der Waals surface area contributed by atoms with Crippen LogP contribution in [0.5, 0.6) is 0 Å². The third-order valence-electron chi connectivity index (χ3n) is 4.40. The second-order valence-corrected chi connectivity index (χ2v) is 7.13. The summed E-state index contributed by atoms with van der Waals surface area (Å²) in [6.07, 6.45) is 6.42. The Balaban J connectivity index is 1.95. The molecule has 0 atom stereocenters. The number of amides is 2. The van der Waals surface area contributed by atoms with Gasteiger partial charge in [0.15, 0.2) is 0 Å². The minimum Gasteiger partial charge on any atom is -0.323 e. The zero-order chi connectivity index (χ0) is 16.7. The van der Waals surface area contributed by atoms with Crippen molar-refractivity contribution in [3.05, 3.63) is 29.3 Å². The van der Waals surface area contributed by atoms with Gasteiger partial charge in [-0.1, -0.05) is 30.9 Å². The van der Waals surface area contributed by atoms with E-state index in [0.29, 0.717) is 10.9 Å². The lowest BCUT2D eigenvalue weighted by atomic mass is 9.89. The van der Waals surface area contributed by atoms with Gasteiger partial charge in [0.2, 0.25) is 0 Å². The predicted octanol–water partition coefficient (Wildman–Crippen LogP) is 4.32. The van der Waals surface area contributed by atoms with Crippen LogP contribution >= 0.6 is 11.6 Å². The molecule has 2 rings (SSSR count). The fourth-order valence-electron chi connectivity index (χ4n) is 3.01. The summed E-state index contributed by atoms with van der Waals surface area (Å²) in [6, 6.07) is 7.25. The number of anilines is 1. The van der Waals surface area contributed by atoms with Crippen LogP contribution in [-0.2, 0) is 0 Å². The average Bonchev–Trinajstić information content (AvgIpc) is 2.54. The monoisotopic (exact) mass is 337 g/mol. The van der Waals surface area contributed by atoms with Crippen molar-refractivity contribution in [2.24, 2.45) is 5.92 Å². The predicted molar refractivity (Wildman–Crippen MR) is 97.2 cm³/mol. The molecule has 0 heterocycles. The molecule has 0 aliphatic heterocycles. The SMILES string of the molecule is CN(C)CCN(CC1CCCCC1)C(=O)Nc1ccc(Cl)cc1. The fourth-order valence-corrected chi connectivity index (χ4v) is 3.14. The Morgan fingerprint density at radius 1 is 1.13 bits per heavy atom. The number of rotatable bonds is 6. The van der Waals surface area contributed by atoms with Gasteiger partial charge in [-0.05, 0) is 57.1 Å². The zero-order valence-electron chi connectivity index (χ0n) is 14.2. The molecule has 5 heteroatoms. The lowest BCUT2D eigenvalue weighted by Gasteiger charge is -2.30. The lowest BCUT2D eigenvalue weighted by Crippen LogP contribution is -2.42. The van der Waals surface area contributed by atoms with E-state index in [4.69, 9.17) is 11.6 Å². The van der Waals surface area contributed by atoms with Gasteiger partial charge in [0.05, 0.1) is 0 Å². The normalized spacial score (nSPS) is 15.7. The average molecular weight is 338 g/mol. The standard InChI is InChI=1S/C18H28ClN3O/c1-21(2)12-13-22(14-15-6-4-3-5-7-15)18(23)20-17-10-8-16(19)9-11-17/h8-11,15H,3-7,12-14H2,1-2H3,(H,20,23). The maximum absolute atomic E-state index is 12.6. The van der Waals surface area contributed by atoms with E-state index < -0.39 is 0 Å². The van der Waals surface area contributed by atoms with Crippen LogP contribution in [0.2, 0.25) is 5.02 Å². The summed E-state index contributed by atoms with van der Waals surface area (Å²) in [7, 11) is 4.08. The maximum Gasteiger partial charge on any atom is 0.321 e. The zero-order valence-corrected chi connectivity index (χ0v) is 15.0. The fraction of sp³-hybridized carbons (Fsp3) is 0.611. The maximum atomic E-state index is 12.6. The smallest absolute Gasteiger partial charge is 0.321 e. The first kappa shape index (κ1) is 18.1. The van der Waals surface area contributed by atoms with Crippen molar-refractivity contribution in [1.82, 2.24) is 9.80 Å². The summed E-state index contributed by atoms with van der Waals surface area (Å²) >= 11 is 5.90. The van der Waals surface area contributed by atoms with E-state index in [-0.39, 0.29) is 6.03 Å². The molecule has 1 saturated carbocycles. The Morgan fingerprint density at radius 2 is 1.78 bits per heavy atom. The highest BCUT2D eigenvalue weighted by atomic mass is 35.5. The number of halogens is 1. The lowest BCUT2D eigenvalue weighted by molar-refractivity contribution is 0.183. The summed E-state index contributed by atoms with van der Waals surface area (Å²) in [4.78, 5) is 16.7. The molecule has 1 aromatic rings. The first-order valence-corrected chi connectivity index (χ1v) is 8.88. The summed E-state index contributed by atoms with van der Waals surface area (Å²) < 4.78 is 0. The van der Waals surface area contributed by atoms with Crippen molar-refractivity contribution in [2.45, 2.75) is 32.1 Å². The molecule has 0 radical (unpaired) electrons. The van der Waals surface area contributed by atoms with Crippen LogP contribution in [0.25, 0.3) is 0 Å². The van der Waals surface area contributed by atoms with Crippen molar-refractivity contribution in [3.63, 3.8) is 0 Å². The Kier molecular flexibility index (Phi) is 7.18. The molecule has 1 aliphatic rings. The van der Waals surface area contributed by atoms with Crippen molar-refractivity contribution in [3.8, 4) is 0 Å². The van der Waals surface area contributed by atoms with Crippen molar-refractivity contribution >= 4 is 23.3 Å². The van der Waals surface area contributed by atoms with E-state index in [0.717, 1.165) is 25.3 Å². The molecule has 4 nitrogen and oxygen atoms in total. The van der Waals surface area contributed by atoms with Gasteiger partial charge in [0.25, 0.3) is 0 Å². The highest BCUT2D eigenvalue weighted by molar-refractivity contribution is 6.30. The van der Waals surface area contributed by atoms with E-state index in [1.807, 2.05) is 31.1 Å². The number of nitrogens with zero attached hydrogens (tertiary/aromatic N) is 2. The van der Waals surface area contributed by atoms with E-state index in [1.165, 1.54) is 32.1 Å². The van der Waals surface area contributed by atoms with Crippen LogP contribution in [0.4, 0.5) is 10.5 Å². The first-order valence-electron chi connectivity index (χ1n) is 8.51. The highest BCUT2D eigenvalue weighted by Crippen LogP contribution is 2.24. The number of likely N-dealkylation sites (N-methyl/N-ethyl adjacent to an activating group) is 1. The van der Waals surface area contributed by atoms with Crippen LogP contribution in [0.3, 0.4) is 0 Å². The highest BCUT2D eigenvalue weighted by Gasteiger charge is 2.21. The van der Waals surface area contributed by atoms with Gasteiger partial charge in [-0.15, -0.1) is 0 Å². The van der Waals surface area contributed by atoms with Crippen molar-refractivity contribution < 1.29 is 4.79 Å². The molecule has 0 saturated heterocycles. The van der Waals surface area contributed by atoms with Gasteiger partial charge < -0.3 is 15.1 Å². The van der Waals surface area contributed by atoms with Crippen LogP contribution in [0.1, 0.15) is 32.1 Å². The number of carbonyl (C=O) groups is 1. The van der Waals surface area contributed by atoms with Gasteiger partial charge in [0, 0.05) is 30.3 Å². The van der Waals surface area contributed by atoms with E-state index >= 15 is 0 Å². The number of nitrogens with one attached hydrogen (secondary N) is 1. The van der Waals surface area contributed by atoms with Gasteiger partial charge >= 0.3 is 6.03 Å². The number of hydrogen-bond acceptors (Lipinski definition) is 2.